The van der Waals surface area contributed by atoms with Gasteiger partial charge >= 0.3 is 0 Å². The second-order valence-electron chi connectivity index (χ2n) is 3.50. The number of carbonyl (C=O) groups excluding carboxylic acids is 1. The lowest BCUT2D eigenvalue weighted by molar-refractivity contribution is -0.113. The molecule has 0 spiro atoms. The number of hydrogen-bond donors (Lipinski definition) is 0. The van der Waals surface area contributed by atoms with Crippen LogP contribution in [-0.4, -0.2) is 12.6 Å². The van der Waals surface area contributed by atoms with Gasteiger partial charge < -0.3 is 9.47 Å². The fourth-order valence-corrected chi connectivity index (χ4v) is 1.35. The topological polar surface area (TPSA) is 35.5 Å². The molecule has 0 fully saturated rings. The first-order valence-corrected chi connectivity index (χ1v) is 4.76. The van der Waals surface area contributed by atoms with E-state index >= 15 is 0 Å². The summed E-state index contributed by atoms with van der Waals surface area (Å²) in [6.07, 6.45) is 1.84. The second kappa shape index (κ2) is 3.77. The highest BCUT2D eigenvalue weighted by Crippen LogP contribution is 2.33. The Labute approximate surface area is 88.3 Å². The van der Waals surface area contributed by atoms with Crippen LogP contribution in [0.15, 0.2) is 23.8 Å². The van der Waals surface area contributed by atoms with E-state index in [9.17, 15) is 4.79 Å². The Morgan fingerprint density at radius 3 is 2.73 bits per heavy atom. The molecule has 0 aliphatic carbocycles. The number of carbonyl (C=O) groups is 1. The Balaban J connectivity index is 2.31. The van der Waals surface area contributed by atoms with Crippen LogP contribution in [0.1, 0.15) is 19.4 Å². The van der Waals surface area contributed by atoms with Crippen LogP contribution in [0.3, 0.4) is 0 Å². The van der Waals surface area contributed by atoms with Gasteiger partial charge in [-0.3, -0.25) is 4.79 Å². The van der Waals surface area contributed by atoms with E-state index in [4.69, 9.17) is 9.47 Å². The van der Waals surface area contributed by atoms with E-state index in [-0.39, 0.29) is 12.6 Å². The maximum absolute atomic E-state index is 11.1. The van der Waals surface area contributed by atoms with Crippen molar-refractivity contribution in [3.63, 3.8) is 0 Å². The molecular weight excluding hydrogens is 192 g/mol. The SMILES string of the molecule is CC(=O)/C(C)=C\c1ccc2c(c1)OCO2. The maximum atomic E-state index is 11.1. The number of ether oxygens (including phenoxy) is 2. The number of Topliss-reactive ketones (excluding diaryl/α,β-unsaturated/α-hetero) is 1. The van der Waals surface area contributed by atoms with Gasteiger partial charge in [0.15, 0.2) is 17.3 Å². The van der Waals surface area contributed by atoms with E-state index in [1.165, 1.54) is 0 Å². The summed E-state index contributed by atoms with van der Waals surface area (Å²) in [5, 5.41) is 0. The highest BCUT2D eigenvalue weighted by atomic mass is 16.7. The van der Waals surface area contributed by atoms with Crippen LogP contribution in [0.4, 0.5) is 0 Å². The standard InChI is InChI=1S/C12H12O3/c1-8(9(2)13)5-10-3-4-11-12(6-10)15-7-14-11/h3-6H,7H2,1-2H3/b8-5-. The van der Waals surface area contributed by atoms with Crippen molar-refractivity contribution in [2.24, 2.45) is 0 Å². The van der Waals surface area contributed by atoms with E-state index < -0.39 is 0 Å². The van der Waals surface area contributed by atoms with E-state index in [1.807, 2.05) is 24.3 Å². The van der Waals surface area contributed by atoms with Gasteiger partial charge in [0, 0.05) is 0 Å². The zero-order valence-electron chi connectivity index (χ0n) is 8.74. The summed E-state index contributed by atoms with van der Waals surface area (Å²) in [6, 6.07) is 5.62. The second-order valence-corrected chi connectivity index (χ2v) is 3.50. The Morgan fingerprint density at radius 1 is 1.27 bits per heavy atom. The highest BCUT2D eigenvalue weighted by Gasteiger charge is 2.12. The van der Waals surface area contributed by atoms with Crippen LogP contribution in [0, 0.1) is 0 Å². The Morgan fingerprint density at radius 2 is 2.00 bits per heavy atom. The molecule has 1 aliphatic rings. The van der Waals surface area contributed by atoms with Crippen molar-refractivity contribution in [1.29, 1.82) is 0 Å². The average Bonchev–Trinajstić information content (AvgIpc) is 2.64. The van der Waals surface area contributed by atoms with Crippen LogP contribution < -0.4 is 9.47 Å². The molecule has 1 aromatic carbocycles. The van der Waals surface area contributed by atoms with Crippen molar-refractivity contribution in [2.75, 3.05) is 6.79 Å². The minimum Gasteiger partial charge on any atom is -0.454 e. The lowest BCUT2D eigenvalue weighted by Crippen LogP contribution is -1.93. The fraction of sp³-hybridized carbons (Fsp3) is 0.250. The van der Waals surface area contributed by atoms with Crippen LogP contribution >= 0.6 is 0 Å². The summed E-state index contributed by atoms with van der Waals surface area (Å²) in [6.45, 7) is 3.62. The summed E-state index contributed by atoms with van der Waals surface area (Å²) in [5.74, 6) is 1.57. The van der Waals surface area contributed by atoms with Gasteiger partial charge in [-0.25, -0.2) is 0 Å². The lowest BCUT2D eigenvalue weighted by atomic mass is 10.1. The molecule has 0 bridgehead atoms. The molecule has 0 saturated heterocycles. The van der Waals surface area contributed by atoms with Crippen molar-refractivity contribution < 1.29 is 14.3 Å². The molecule has 3 heteroatoms. The third-order valence-electron chi connectivity index (χ3n) is 2.34. The molecular formula is C12H12O3. The third-order valence-corrected chi connectivity index (χ3v) is 2.34. The summed E-state index contributed by atoms with van der Waals surface area (Å²) >= 11 is 0. The quantitative estimate of drug-likeness (QED) is 0.694. The van der Waals surface area contributed by atoms with Gasteiger partial charge in [-0.1, -0.05) is 6.07 Å². The molecule has 1 heterocycles. The van der Waals surface area contributed by atoms with Gasteiger partial charge in [0.05, 0.1) is 0 Å². The average molecular weight is 204 g/mol. The largest absolute Gasteiger partial charge is 0.454 e. The first-order chi connectivity index (χ1) is 7.16. The number of fused-ring (bicyclic) bond motifs is 1. The maximum Gasteiger partial charge on any atom is 0.231 e. The summed E-state index contributed by atoms with van der Waals surface area (Å²) in [5.41, 5.74) is 1.68. The molecule has 0 unspecified atom stereocenters. The number of hydrogen-bond acceptors (Lipinski definition) is 3. The van der Waals surface area contributed by atoms with Crippen molar-refractivity contribution in [1.82, 2.24) is 0 Å². The first-order valence-electron chi connectivity index (χ1n) is 4.76. The monoisotopic (exact) mass is 204 g/mol. The van der Waals surface area contributed by atoms with Crippen LogP contribution in [0.5, 0.6) is 11.5 Å². The summed E-state index contributed by atoms with van der Waals surface area (Å²) in [7, 11) is 0. The number of rotatable bonds is 2. The predicted octanol–water partition coefficient (Wildman–Crippen LogP) is 2.41. The molecule has 0 aromatic heterocycles. The molecule has 3 nitrogen and oxygen atoms in total. The molecule has 15 heavy (non-hydrogen) atoms. The lowest BCUT2D eigenvalue weighted by Gasteiger charge is -1.99. The molecule has 0 amide bonds. The van der Waals surface area contributed by atoms with Crippen molar-refractivity contribution >= 4 is 11.9 Å². The molecule has 1 aromatic rings. The van der Waals surface area contributed by atoms with Gasteiger partial charge in [0.1, 0.15) is 0 Å². The molecule has 0 saturated carbocycles. The molecule has 0 N–H and O–H groups in total. The third kappa shape index (κ3) is 2.01. The molecule has 78 valence electrons. The van der Waals surface area contributed by atoms with Crippen molar-refractivity contribution in [3.8, 4) is 11.5 Å². The number of ketones is 1. The smallest absolute Gasteiger partial charge is 0.231 e. The van der Waals surface area contributed by atoms with E-state index in [0.717, 1.165) is 22.6 Å². The van der Waals surface area contributed by atoms with E-state index in [0.29, 0.717) is 0 Å². The molecule has 0 atom stereocenters. The first kappa shape index (κ1) is 9.77. The number of benzene rings is 1. The number of allylic oxidation sites excluding steroid dienone is 1. The summed E-state index contributed by atoms with van der Waals surface area (Å²) in [4.78, 5) is 11.1. The fourth-order valence-electron chi connectivity index (χ4n) is 1.35. The Kier molecular flexibility index (Phi) is 2.46. The normalized spacial score (nSPS) is 14.1. The van der Waals surface area contributed by atoms with Gasteiger partial charge in [-0.15, -0.1) is 0 Å². The minimum absolute atomic E-state index is 0.0765. The van der Waals surface area contributed by atoms with E-state index in [1.54, 1.807) is 13.8 Å². The predicted molar refractivity (Wildman–Crippen MR) is 56.9 cm³/mol. The van der Waals surface area contributed by atoms with Crippen molar-refractivity contribution in [2.45, 2.75) is 13.8 Å². The van der Waals surface area contributed by atoms with Crippen LogP contribution in [-0.2, 0) is 4.79 Å². The summed E-state index contributed by atoms with van der Waals surface area (Å²) < 4.78 is 10.4. The van der Waals surface area contributed by atoms with Gasteiger partial charge in [0.25, 0.3) is 0 Å². The molecule has 2 rings (SSSR count). The minimum atomic E-state index is 0.0765. The zero-order valence-corrected chi connectivity index (χ0v) is 8.74. The van der Waals surface area contributed by atoms with Gasteiger partial charge in [0.2, 0.25) is 6.79 Å². The Hall–Kier alpha value is -1.77. The van der Waals surface area contributed by atoms with Crippen molar-refractivity contribution in [3.05, 3.63) is 29.3 Å². The zero-order chi connectivity index (χ0) is 10.8. The van der Waals surface area contributed by atoms with Gasteiger partial charge in [-0.05, 0) is 43.2 Å². The molecule has 1 aliphatic heterocycles. The highest BCUT2D eigenvalue weighted by molar-refractivity contribution is 5.97. The van der Waals surface area contributed by atoms with Crippen LogP contribution in [0.25, 0.3) is 6.08 Å². The van der Waals surface area contributed by atoms with E-state index in [2.05, 4.69) is 0 Å². The Bertz CT molecular complexity index is 432. The van der Waals surface area contributed by atoms with Gasteiger partial charge in [-0.2, -0.15) is 0 Å². The van der Waals surface area contributed by atoms with Crippen LogP contribution in [0.2, 0.25) is 0 Å². The molecule has 0 radical (unpaired) electrons.